The Morgan fingerprint density at radius 1 is 1.00 bits per heavy atom. The lowest BCUT2D eigenvalue weighted by molar-refractivity contribution is -0.165. The molecule has 3 saturated carbocycles. The number of aliphatic hydroxyl groups excluding tert-OH is 1. The molecule has 0 amide bonds. The highest BCUT2D eigenvalue weighted by molar-refractivity contribution is 5.67. The molecule has 0 radical (unpaired) electrons. The first-order valence-corrected chi connectivity index (χ1v) is 14.3. The molecule has 0 aromatic carbocycles. The maximum absolute atomic E-state index is 12.1. The molecule has 5 heteroatoms. The second kappa shape index (κ2) is 10.3. The van der Waals surface area contributed by atoms with Crippen LogP contribution < -0.4 is 0 Å². The second-order valence-electron chi connectivity index (χ2n) is 13.1. The van der Waals surface area contributed by atoms with E-state index in [1.54, 1.807) is 0 Å². The van der Waals surface area contributed by atoms with Gasteiger partial charge in [0.15, 0.2) is 0 Å². The Bertz CT molecular complexity index is 918. The fourth-order valence-electron chi connectivity index (χ4n) is 8.64. The summed E-state index contributed by atoms with van der Waals surface area (Å²) in [6.07, 6.45) is 11.6. The van der Waals surface area contributed by atoms with Crippen molar-refractivity contribution in [1.29, 1.82) is 0 Å². The summed E-state index contributed by atoms with van der Waals surface area (Å²) in [6.45, 7) is 14.4. The summed E-state index contributed by atoms with van der Waals surface area (Å²) in [6, 6.07) is 0. The van der Waals surface area contributed by atoms with Gasteiger partial charge in [0.2, 0.25) is 0 Å². The van der Waals surface area contributed by atoms with Gasteiger partial charge < -0.3 is 14.6 Å². The highest BCUT2D eigenvalue weighted by Gasteiger charge is 2.60. The molecular weight excluding hydrogens is 452 g/mol. The number of hydrogen-bond donors (Lipinski definition) is 1. The molecule has 202 valence electrons. The van der Waals surface area contributed by atoms with Crippen molar-refractivity contribution in [2.45, 2.75) is 118 Å². The van der Waals surface area contributed by atoms with E-state index in [1.807, 2.05) is 0 Å². The first-order valence-electron chi connectivity index (χ1n) is 14.3. The number of hydrogen-bond acceptors (Lipinski definition) is 5. The molecule has 0 aromatic rings. The Labute approximate surface area is 218 Å². The van der Waals surface area contributed by atoms with Gasteiger partial charge >= 0.3 is 11.9 Å². The molecule has 0 aliphatic heterocycles. The monoisotopic (exact) mass is 500 g/mol. The number of aliphatic hydroxyl groups is 1. The van der Waals surface area contributed by atoms with Gasteiger partial charge in [0.25, 0.3) is 0 Å². The van der Waals surface area contributed by atoms with Crippen molar-refractivity contribution >= 4 is 11.9 Å². The summed E-state index contributed by atoms with van der Waals surface area (Å²) >= 11 is 0. The molecule has 4 rings (SSSR count). The predicted molar refractivity (Wildman–Crippen MR) is 141 cm³/mol. The minimum atomic E-state index is -0.300. The average Bonchev–Trinajstić information content (AvgIpc) is 3.14. The molecule has 4 aliphatic carbocycles. The smallest absolute Gasteiger partial charge is 0.302 e. The van der Waals surface area contributed by atoms with E-state index >= 15 is 0 Å². The van der Waals surface area contributed by atoms with Gasteiger partial charge in [-0.3, -0.25) is 9.59 Å². The Hall–Kier alpha value is -1.62. The number of allylic oxidation sites excluding steroid dienone is 3. The summed E-state index contributed by atoms with van der Waals surface area (Å²) in [7, 11) is 0. The Morgan fingerprint density at radius 3 is 2.33 bits per heavy atom. The van der Waals surface area contributed by atoms with Gasteiger partial charge in [-0.1, -0.05) is 57.9 Å². The van der Waals surface area contributed by atoms with Crippen molar-refractivity contribution in [1.82, 2.24) is 0 Å². The molecule has 5 nitrogen and oxygen atoms in total. The zero-order valence-electron chi connectivity index (χ0n) is 23.5. The van der Waals surface area contributed by atoms with Crippen molar-refractivity contribution in [3.8, 4) is 0 Å². The van der Waals surface area contributed by atoms with E-state index in [9.17, 15) is 14.7 Å². The lowest BCUT2D eigenvalue weighted by Gasteiger charge is -2.57. The van der Waals surface area contributed by atoms with E-state index in [1.165, 1.54) is 31.4 Å². The molecule has 0 saturated heterocycles. The third-order valence-corrected chi connectivity index (χ3v) is 10.6. The topological polar surface area (TPSA) is 72.8 Å². The first-order chi connectivity index (χ1) is 16.9. The first kappa shape index (κ1) is 27.4. The lowest BCUT2D eigenvalue weighted by atomic mass is 9.49. The quantitative estimate of drug-likeness (QED) is 0.410. The van der Waals surface area contributed by atoms with Crippen LogP contribution in [-0.4, -0.2) is 35.4 Å². The van der Waals surface area contributed by atoms with Crippen molar-refractivity contribution in [3.05, 3.63) is 23.3 Å². The zero-order chi connectivity index (χ0) is 26.4. The van der Waals surface area contributed by atoms with Crippen LogP contribution in [0.5, 0.6) is 0 Å². The Morgan fingerprint density at radius 2 is 1.69 bits per heavy atom. The summed E-state index contributed by atoms with van der Waals surface area (Å²) in [5, 5.41) is 11.1. The summed E-state index contributed by atoms with van der Waals surface area (Å²) in [5.41, 5.74) is 2.68. The van der Waals surface area contributed by atoms with Crippen LogP contribution in [0.1, 0.15) is 99.8 Å². The van der Waals surface area contributed by atoms with Crippen LogP contribution in [0.3, 0.4) is 0 Å². The molecule has 1 N–H and O–H groups in total. The van der Waals surface area contributed by atoms with Gasteiger partial charge in [-0.05, 0) is 73.5 Å². The van der Waals surface area contributed by atoms with Crippen LogP contribution in [0.2, 0.25) is 0 Å². The molecule has 1 unspecified atom stereocenters. The molecule has 4 aliphatic rings. The second-order valence-corrected chi connectivity index (χ2v) is 13.1. The average molecular weight is 501 g/mol. The van der Waals surface area contributed by atoms with Gasteiger partial charge in [-0.25, -0.2) is 0 Å². The van der Waals surface area contributed by atoms with E-state index in [-0.39, 0.29) is 41.1 Å². The molecule has 0 bridgehead atoms. The van der Waals surface area contributed by atoms with Crippen LogP contribution in [0.4, 0.5) is 0 Å². The number of rotatable bonds is 7. The van der Waals surface area contributed by atoms with E-state index in [0.29, 0.717) is 42.4 Å². The van der Waals surface area contributed by atoms with E-state index in [4.69, 9.17) is 9.47 Å². The van der Waals surface area contributed by atoms with Gasteiger partial charge in [0.1, 0.15) is 12.2 Å². The van der Waals surface area contributed by atoms with Crippen molar-refractivity contribution in [3.63, 3.8) is 0 Å². The summed E-state index contributed by atoms with van der Waals surface area (Å²) < 4.78 is 11.6. The van der Waals surface area contributed by atoms with Gasteiger partial charge in [0, 0.05) is 32.1 Å². The van der Waals surface area contributed by atoms with Gasteiger partial charge in [0.05, 0.1) is 6.10 Å². The third kappa shape index (κ3) is 4.81. The zero-order valence-corrected chi connectivity index (χ0v) is 23.5. The Balaban J connectivity index is 1.61. The molecule has 36 heavy (non-hydrogen) atoms. The third-order valence-electron chi connectivity index (χ3n) is 10.6. The molecule has 0 spiro atoms. The van der Waals surface area contributed by atoms with Crippen LogP contribution >= 0.6 is 0 Å². The van der Waals surface area contributed by atoms with Crippen molar-refractivity contribution in [2.24, 2.45) is 40.4 Å². The van der Waals surface area contributed by atoms with Crippen molar-refractivity contribution < 1.29 is 24.2 Å². The van der Waals surface area contributed by atoms with E-state index in [2.05, 4.69) is 46.8 Å². The van der Waals surface area contributed by atoms with Crippen LogP contribution in [0, 0.1) is 40.4 Å². The highest BCUT2D eigenvalue weighted by atomic mass is 16.6. The number of fused-ring (bicyclic) bond motifs is 5. The molecule has 0 heterocycles. The standard InChI is InChI=1S/C31H48O5/c1-18(2)8-13-28(34)19(3)25-11-12-26-24-10-9-22-16-23(35-20(4)32)17-29(36-21(5)33)31(22,7)27(24)14-15-30(25,26)6/h9-10,18-19,23,25-29,34H,8,11-17H2,1-7H3/t19-,23+,25+,26-,27-,28?,29-,30+,31-/m0/s1. The van der Waals surface area contributed by atoms with Crippen LogP contribution in [0.25, 0.3) is 0 Å². The summed E-state index contributed by atoms with van der Waals surface area (Å²) in [4.78, 5) is 23.8. The van der Waals surface area contributed by atoms with Crippen LogP contribution in [-0.2, 0) is 19.1 Å². The molecule has 3 fully saturated rings. The minimum Gasteiger partial charge on any atom is -0.462 e. The largest absolute Gasteiger partial charge is 0.462 e. The van der Waals surface area contributed by atoms with Gasteiger partial charge in [-0.2, -0.15) is 0 Å². The number of carbonyl (C=O) groups is 2. The number of carbonyl (C=O) groups excluding carboxylic acids is 2. The normalized spacial score (nSPS) is 39.2. The minimum absolute atomic E-state index is 0.189. The highest BCUT2D eigenvalue weighted by Crippen LogP contribution is 2.66. The summed E-state index contributed by atoms with van der Waals surface area (Å²) in [5.74, 6) is 1.71. The van der Waals surface area contributed by atoms with Crippen LogP contribution in [0.15, 0.2) is 23.3 Å². The van der Waals surface area contributed by atoms with E-state index < -0.39 is 0 Å². The lowest BCUT2D eigenvalue weighted by Crippen LogP contribution is -2.54. The van der Waals surface area contributed by atoms with Crippen molar-refractivity contribution in [2.75, 3.05) is 0 Å². The van der Waals surface area contributed by atoms with Gasteiger partial charge in [-0.15, -0.1) is 0 Å². The molecule has 0 aromatic heterocycles. The fourth-order valence-corrected chi connectivity index (χ4v) is 8.64. The maximum atomic E-state index is 12.1. The SMILES string of the molecule is CC(=O)O[C@@H]1CC2=CC=C3[C@@H]4CC[C@H]([C@H](C)C(O)CCC(C)C)[C@@]4(C)CC[C@@H]3[C@@]2(C)[C@@H](OC(C)=O)C1. The Kier molecular flexibility index (Phi) is 7.82. The number of ether oxygens (including phenoxy) is 2. The number of esters is 2. The molecular formula is C31H48O5. The predicted octanol–water partition coefficient (Wildman–Crippen LogP) is 6.39. The molecule has 9 atom stereocenters. The maximum Gasteiger partial charge on any atom is 0.302 e. The fraction of sp³-hybridized carbons (Fsp3) is 0.806. The van der Waals surface area contributed by atoms with E-state index in [0.717, 1.165) is 32.1 Å².